The van der Waals surface area contributed by atoms with Crippen LogP contribution in [0.5, 0.6) is 0 Å². The van der Waals surface area contributed by atoms with Crippen LogP contribution in [-0.2, 0) is 32.7 Å². The van der Waals surface area contributed by atoms with Gasteiger partial charge in [-0.05, 0) is 109 Å². The summed E-state index contributed by atoms with van der Waals surface area (Å²) in [6.45, 7) is 4.03. The first-order valence-electron chi connectivity index (χ1n) is 37.9. The van der Waals surface area contributed by atoms with Gasteiger partial charge in [-0.15, -0.1) is 0 Å². The van der Waals surface area contributed by atoms with Gasteiger partial charge in [0.15, 0.2) is 6.10 Å². The van der Waals surface area contributed by atoms with Gasteiger partial charge in [-0.25, -0.2) is 0 Å². The zero-order chi connectivity index (χ0) is 66.9. The summed E-state index contributed by atoms with van der Waals surface area (Å²) < 4.78 is 34.4. The summed E-state index contributed by atoms with van der Waals surface area (Å²) >= 11 is 0. The Morgan fingerprint density at radius 3 is 0.870 bits per heavy atom. The molecule has 0 saturated carbocycles. The van der Waals surface area contributed by atoms with Crippen molar-refractivity contribution in [1.29, 1.82) is 0 Å². The van der Waals surface area contributed by atoms with Crippen LogP contribution in [0.4, 0.5) is 0 Å². The molecule has 0 aromatic carbocycles. The summed E-state index contributed by atoms with van der Waals surface area (Å²) in [4.78, 5) is 38.1. The minimum atomic E-state index is -4.65. The molecule has 0 radical (unpaired) electrons. The Kier molecular flexibility index (Phi) is 68.5. The lowest BCUT2D eigenvalue weighted by Crippen LogP contribution is -2.37. The van der Waals surface area contributed by atoms with Crippen LogP contribution in [0, 0.1) is 0 Å². The van der Waals surface area contributed by atoms with E-state index in [-0.39, 0.29) is 32.0 Å². The van der Waals surface area contributed by atoms with Gasteiger partial charge in [0, 0.05) is 12.8 Å². The van der Waals surface area contributed by atoms with Crippen molar-refractivity contribution < 1.29 is 42.1 Å². The Bertz CT molecular complexity index is 2020. The Balaban J connectivity index is 3.98. The molecule has 0 spiro atoms. The minimum absolute atomic E-state index is 0.0355. The summed E-state index contributed by atoms with van der Waals surface area (Å²) in [5, 5.41) is 0. The Labute approximate surface area is 568 Å². The van der Waals surface area contributed by atoms with Gasteiger partial charge in [0.1, 0.15) is 19.8 Å². The van der Waals surface area contributed by atoms with Crippen LogP contribution in [0.15, 0.2) is 134 Å². The van der Waals surface area contributed by atoms with Gasteiger partial charge >= 0.3 is 11.9 Å². The van der Waals surface area contributed by atoms with E-state index in [1.165, 1.54) is 173 Å². The maximum atomic E-state index is 12.9. The number of quaternary nitrogens is 1. The van der Waals surface area contributed by atoms with Crippen molar-refractivity contribution in [2.75, 3.05) is 47.5 Å². The molecule has 0 aromatic heterocycles. The number of carbonyl (C=O) groups excluding carboxylic acids is 2. The van der Waals surface area contributed by atoms with Crippen LogP contribution in [-0.4, -0.2) is 70.0 Å². The number of likely N-dealkylation sites (N-methyl/N-ethyl adjacent to an activating group) is 1. The van der Waals surface area contributed by atoms with Crippen LogP contribution in [0.1, 0.15) is 322 Å². The summed E-state index contributed by atoms with van der Waals surface area (Å²) in [7, 11) is 1.16. The molecule has 0 heterocycles. The molecule has 2 unspecified atom stereocenters. The molecule has 0 aliphatic carbocycles. The predicted molar refractivity (Wildman–Crippen MR) is 397 cm³/mol. The lowest BCUT2D eigenvalue weighted by atomic mass is 10.0. The highest BCUT2D eigenvalue weighted by atomic mass is 31.2. The third-order valence-electron chi connectivity index (χ3n) is 16.2. The van der Waals surface area contributed by atoms with Crippen LogP contribution in [0.3, 0.4) is 0 Å². The number of carbonyl (C=O) groups is 2. The normalized spacial score (nSPS) is 13.8. The van der Waals surface area contributed by atoms with Gasteiger partial charge in [-0.3, -0.25) is 14.2 Å². The number of phosphoric acid groups is 1. The molecule has 0 rings (SSSR count). The second-order valence-electron chi connectivity index (χ2n) is 26.3. The third kappa shape index (κ3) is 75.2. The monoisotopic (exact) mass is 1300 g/mol. The van der Waals surface area contributed by atoms with E-state index in [1.54, 1.807) is 0 Å². The molecular formula is C82H142NO8P. The topological polar surface area (TPSA) is 111 Å². The van der Waals surface area contributed by atoms with Crippen LogP contribution in [0.25, 0.3) is 0 Å². The first-order chi connectivity index (χ1) is 45.0. The van der Waals surface area contributed by atoms with Gasteiger partial charge in [-0.2, -0.15) is 0 Å². The molecule has 0 saturated heterocycles. The van der Waals surface area contributed by atoms with Gasteiger partial charge in [0.25, 0.3) is 7.82 Å². The van der Waals surface area contributed by atoms with Crippen LogP contribution >= 0.6 is 7.82 Å². The van der Waals surface area contributed by atoms with E-state index >= 15 is 0 Å². The van der Waals surface area contributed by atoms with E-state index < -0.39 is 26.5 Å². The lowest BCUT2D eigenvalue weighted by Gasteiger charge is -2.28. The summed E-state index contributed by atoms with van der Waals surface area (Å²) in [6, 6.07) is 0. The maximum Gasteiger partial charge on any atom is 0.306 e. The number of esters is 2. The number of ether oxygens (including phenoxy) is 2. The van der Waals surface area contributed by atoms with Crippen molar-refractivity contribution in [2.24, 2.45) is 0 Å². The summed E-state index contributed by atoms with van der Waals surface area (Å²) in [6.07, 6.45) is 104. The van der Waals surface area contributed by atoms with E-state index in [4.69, 9.17) is 18.5 Å². The zero-order valence-electron chi connectivity index (χ0n) is 60.2. The Morgan fingerprint density at radius 2 is 0.587 bits per heavy atom. The molecule has 10 heteroatoms. The summed E-state index contributed by atoms with van der Waals surface area (Å²) in [5.74, 6) is -0.832. The fourth-order valence-corrected chi connectivity index (χ4v) is 11.2. The number of nitrogens with zero attached hydrogens (tertiary/aromatic N) is 1. The number of rotatable bonds is 69. The molecule has 0 fully saturated rings. The molecule has 9 nitrogen and oxygen atoms in total. The first-order valence-corrected chi connectivity index (χ1v) is 39.4. The van der Waals surface area contributed by atoms with Gasteiger partial charge in [0.2, 0.25) is 0 Å². The van der Waals surface area contributed by atoms with Gasteiger partial charge in [-0.1, -0.05) is 334 Å². The molecule has 0 aliphatic heterocycles. The molecule has 0 aliphatic rings. The van der Waals surface area contributed by atoms with Crippen molar-refractivity contribution in [2.45, 2.75) is 328 Å². The van der Waals surface area contributed by atoms with E-state index in [0.29, 0.717) is 17.4 Å². The minimum Gasteiger partial charge on any atom is -0.756 e. The van der Waals surface area contributed by atoms with Gasteiger partial charge < -0.3 is 27.9 Å². The molecule has 0 amide bonds. The summed E-state index contributed by atoms with van der Waals surface area (Å²) in [5.41, 5.74) is 0. The standard InChI is InChI=1S/C82H142NO8P/c1-6-8-10-12-14-16-18-20-22-24-26-28-30-32-34-36-37-38-39-40-41-42-43-44-45-47-48-50-52-54-56-58-60-62-64-66-68-70-72-74-81(84)88-78-80(79-90-92(86,87)89-77-76-83(3,4)5)91-82(85)75-73-71-69-67-65-63-61-59-57-55-53-51-49-46-35-33-31-29-27-25-23-21-19-17-15-13-11-9-7-2/h8-11,14-17,20-23,26-29,32-35,49,51,80H,6-7,12-13,18-19,24-25,30-31,36-48,50,52-79H2,1-5H3/b10-8-,11-9-,16-14-,17-15-,22-20-,23-21-,28-26-,29-27-,34-32-,35-33-,51-49-. The van der Waals surface area contributed by atoms with E-state index in [2.05, 4.69) is 148 Å². The fraction of sp³-hybridized carbons (Fsp3) is 0.707. The Hall–Kier alpha value is -3.85. The predicted octanol–water partition coefficient (Wildman–Crippen LogP) is 24.5. The van der Waals surface area contributed by atoms with Crippen molar-refractivity contribution >= 4 is 19.8 Å². The highest BCUT2D eigenvalue weighted by molar-refractivity contribution is 7.45. The highest BCUT2D eigenvalue weighted by Crippen LogP contribution is 2.38. The fourth-order valence-electron chi connectivity index (χ4n) is 10.5. The smallest absolute Gasteiger partial charge is 0.306 e. The average molecular weight is 1300 g/mol. The average Bonchev–Trinajstić information content (AvgIpc) is 2.14. The molecule has 528 valence electrons. The van der Waals surface area contributed by atoms with Crippen molar-refractivity contribution in [3.8, 4) is 0 Å². The molecule has 0 bridgehead atoms. The molecular weight excluding hydrogens is 1160 g/mol. The van der Waals surface area contributed by atoms with Crippen molar-refractivity contribution in [3.05, 3.63) is 134 Å². The second-order valence-corrected chi connectivity index (χ2v) is 27.7. The number of allylic oxidation sites excluding steroid dienone is 22. The lowest BCUT2D eigenvalue weighted by molar-refractivity contribution is -0.870. The number of hydrogen-bond donors (Lipinski definition) is 0. The van der Waals surface area contributed by atoms with Crippen molar-refractivity contribution in [1.82, 2.24) is 0 Å². The zero-order valence-corrected chi connectivity index (χ0v) is 61.1. The highest BCUT2D eigenvalue weighted by Gasteiger charge is 2.22. The SMILES string of the molecule is CC/C=C\C/C=C\C/C=C\C/C=C\C/C=C\C/C=C\CCCCCCCCCCCCC(=O)OC(COC(=O)CCCCCCCCCCCCCCCCCCCCCCCCC/C=C\C/C=C\C/C=C\C/C=C\C/C=C\CC)COP(=O)([O-])OCC[N+](C)(C)C. The second kappa shape index (κ2) is 71.4. The van der Waals surface area contributed by atoms with E-state index in [1.807, 2.05) is 21.1 Å². The number of phosphoric ester groups is 1. The van der Waals surface area contributed by atoms with Crippen molar-refractivity contribution in [3.63, 3.8) is 0 Å². The molecule has 92 heavy (non-hydrogen) atoms. The largest absolute Gasteiger partial charge is 0.756 e. The molecule has 0 aromatic rings. The van der Waals surface area contributed by atoms with Crippen LogP contribution < -0.4 is 4.89 Å². The van der Waals surface area contributed by atoms with E-state index in [0.717, 1.165) is 116 Å². The van der Waals surface area contributed by atoms with E-state index in [9.17, 15) is 19.0 Å². The van der Waals surface area contributed by atoms with Gasteiger partial charge in [0.05, 0.1) is 27.7 Å². The molecule has 0 N–H and O–H groups in total. The number of hydrogen-bond acceptors (Lipinski definition) is 8. The third-order valence-corrected chi connectivity index (χ3v) is 17.1. The Morgan fingerprint density at radius 1 is 0.337 bits per heavy atom. The quantitative estimate of drug-likeness (QED) is 0.0195. The number of unbranched alkanes of at least 4 members (excludes halogenated alkanes) is 33. The van der Waals surface area contributed by atoms with Crippen LogP contribution in [0.2, 0.25) is 0 Å². The maximum absolute atomic E-state index is 12.9. The molecule has 2 atom stereocenters. The first kappa shape index (κ1) is 88.2.